The Bertz CT molecular complexity index is 785. The van der Waals surface area contributed by atoms with Gasteiger partial charge < -0.3 is 14.6 Å². The smallest absolute Gasteiger partial charge is 0.416 e. The number of hydrogen-bond donors (Lipinski definition) is 1. The minimum Gasteiger partial charge on any atom is -0.478 e. The number of pyridine rings is 1. The molecule has 5 nitrogen and oxygen atoms in total. The van der Waals surface area contributed by atoms with Gasteiger partial charge in [-0.15, -0.1) is 0 Å². The first-order valence-corrected chi connectivity index (χ1v) is 6.99. The summed E-state index contributed by atoms with van der Waals surface area (Å²) in [6.45, 7) is -0.752. The fourth-order valence-corrected chi connectivity index (χ4v) is 2.02. The van der Waals surface area contributed by atoms with E-state index in [0.717, 1.165) is 6.07 Å². The molecule has 0 saturated heterocycles. The average molecular weight is 340 g/mol. The summed E-state index contributed by atoms with van der Waals surface area (Å²) in [5.41, 5.74) is -1.26. The lowest BCUT2D eigenvalue weighted by Crippen LogP contribution is -2.30. The molecule has 2 aromatic rings. The molecule has 0 aliphatic rings. The zero-order chi connectivity index (χ0) is 17.7. The van der Waals surface area contributed by atoms with Gasteiger partial charge in [-0.2, -0.15) is 13.2 Å². The summed E-state index contributed by atoms with van der Waals surface area (Å²) in [6, 6.07) is 7.97. The monoisotopic (exact) mass is 340 g/mol. The van der Waals surface area contributed by atoms with Gasteiger partial charge in [-0.25, -0.2) is 0 Å². The Balaban J connectivity index is 1.95. The highest BCUT2D eigenvalue weighted by atomic mass is 19.4. The Morgan fingerprint density at radius 2 is 1.92 bits per heavy atom. The van der Waals surface area contributed by atoms with Crippen LogP contribution in [-0.4, -0.2) is 17.1 Å². The number of nitrogens with zero attached hydrogens (tertiary/aromatic N) is 1. The summed E-state index contributed by atoms with van der Waals surface area (Å²) in [6.07, 6.45) is -2.96. The second kappa shape index (κ2) is 7.20. The SMILES string of the molecule is Cn1cccc(OCC(=O)NCc2ccccc2C(F)(F)F)c1=O. The van der Waals surface area contributed by atoms with Crippen LogP contribution in [0.15, 0.2) is 47.4 Å². The van der Waals surface area contributed by atoms with Crippen LogP contribution in [0.2, 0.25) is 0 Å². The highest BCUT2D eigenvalue weighted by Gasteiger charge is 2.32. The maximum Gasteiger partial charge on any atom is 0.416 e. The molecule has 0 fully saturated rings. The number of aromatic nitrogens is 1. The van der Waals surface area contributed by atoms with Gasteiger partial charge in [0.15, 0.2) is 12.4 Å². The molecule has 0 saturated carbocycles. The standard InChI is InChI=1S/C16H15F3N2O3/c1-21-8-4-7-13(15(21)23)24-10-14(22)20-9-11-5-2-3-6-12(11)16(17,18)19/h2-8H,9-10H2,1H3,(H,20,22). The van der Waals surface area contributed by atoms with E-state index in [2.05, 4.69) is 5.32 Å². The number of nitrogens with one attached hydrogen (secondary N) is 1. The quantitative estimate of drug-likeness (QED) is 0.907. The van der Waals surface area contributed by atoms with E-state index < -0.39 is 29.8 Å². The number of alkyl halides is 3. The van der Waals surface area contributed by atoms with E-state index in [1.807, 2.05) is 0 Å². The van der Waals surface area contributed by atoms with Crippen LogP contribution in [0, 0.1) is 0 Å². The van der Waals surface area contributed by atoms with E-state index >= 15 is 0 Å². The Labute approximate surface area is 135 Å². The molecule has 2 rings (SSSR count). The molecule has 1 aromatic carbocycles. The molecule has 24 heavy (non-hydrogen) atoms. The number of rotatable bonds is 5. The molecular weight excluding hydrogens is 325 g/mol. The van der Waals surface area contributed by atoms with E-state index in [9.17, 15) is 22.8 Å². The Morgan fingerprint density at radius 3 is 2.62 bits per heavy atom. The Morgan fingerprint density at radius 1 is 1.21 bits per heavy atom. The number of carbonyl (C=O) groups excluding carboxylic acids is 1. The summed E-state index contributed by atoms with van der Waals surface area (Å²) in [4.78, 5) is 23.4. The van der Waals surface area contributed by atoms with Crippen LogP contribution >= 0.6 is 0 Å². The lowest BCUT2D eigenvalue weighted by molar-refractivity contribution is -0.138. The molecule has 0 spiro atoms. The van der Waals surface area contributed by atoms with Crippen LogP contribution in [0.4, 0.5) is 13.2 Å². The second-order valence-electron chi connectivity index (χ2n) is 5.01. The van der Waals surface area contributed by atoms with Gasteiger partial charge in [0.1, 0.15) is 0 Å². The third kappa shape index (κ3) is 4.37. The molecular formula is C16H15F3N2O3. The molecule has 8 heteroatoms. The van der Waals surface area contributed by atoms with Crippen molar-refractivity contribution in [2.75, 3.05) is 6.61 Å². The number of carbonyl (C=O) groups is 1. The van der Waals surface area contributed by atoms with Gasteiger partial charge in [0.25, 0.3) is 11.5 Å². The predicted molar refractivity (Wildman–Crippen MR) is 80.5 cm³/mol. The molecule has 128 valence electrons. The summed E-state index contributed by atoms with van der Waals surface area (Å²) >= 11 is 0. The molecule has 1 amide bonds. The molecule has 0 aliphatic carbocycles. The van der Waals surface area contributed by atoms with Gasteiger partial charge in [0.2, 0.25) is 0 Å². The van der Waals surface area contributed by atoms with E-state index in [1.54, 1.807) is 6.07 Å². The van der Waals surface area contributed by atoms with Crippen molar-refractivity contribution in [1.82, 2.24) is 9.88 Å². The van der Waals surface area contributed by atoms with Gasteiger partial charge in [-0.3, -0.25) is 9.59 Å². The fourth-order valence-electron chi connectivity index (χ4n) is 2.02. The molecule has 0 atom stereocenters. The number of amides is 1. The van der Waals surface area contributed by atoms with Crippen molar-refractivity contribution in [3.05, 3.63) is 64.1 Å². The minimum atomic E-state index is -4.49. The van der Waals surface area contributed by atoms with Gasteiger partial charge in [-0.1, -0.05) is 18.2 Å². The van der Waals surface area contributed by atoms with Gasteiger partial charge in [-0.05, 0) is 23.8 Å². The van der Waals surface area contributed by atoms with Gasteiger partial charge >= 0.3 is 6.18 Å². The fraction of sp³-hybridized carbons (Fsp3) is 0.250. The van der Waals surface area contributed by atoms with Crippen LogP contribution < -0.4 is 15.6 Å². The van der Waals surface area contributed by atoms with Crippen molar-refractivity contribution in [3.63, 3.8) is 0 Å². The molecule has 0 aliphatic heterocycles. The second-order valence-corrected chi connectivity index (χ2v) is 5.01. The summed E-state index contributed by atoms with van der Waals surface area (Å²) in [5, 5.41) is 2.34. The van der Waals surface area contributed by atoms with E-state index in [1.165, 1.54) is 42.1 Å². The molecule has 1 N–H and O–H groups in total. The molecule has 0 unspecified atom stereocenters. The van der Waals surface area contributed by atoms with Gasteiger partial charge in [0.05, 0.1) is 5.56 Å². The minimum absolute atomic E-state index is 0.00848. The largest absolute Gasteiger partial charge is 0.478 e. The van der Waals surface area contributed by atoms with E-state index in [0.29, 0.717) is 0 Å². The number of hydrogen-bond acceptors (Lipinski definition) is 3. The molecule has 1 heterocycles. The topological polar surface area (TPSA) is 60.3 Å². The van der Waals surface area contributed by atoms with Crippen molar-refractivity contribution in [1.29, 1.82) is 0 Å². The number of ether oxygens (including phenoxy) is 1. The summed E-state index contributed by atoms with van der Waals surface area (Å²) in [5.74, 6) is -0.635. The van der Waals surface area contributed by atoms with Crippen molar-refractivity contribution in [2.24, 2.45) is 7.05 Å². The number of halogens is 3. The van der Waals surface area contributed by atoms with E-state index in [-0.39, 0.29) is 17.9 Å². The van der Waals surface area contributed by atoms with Gasteiger partial charge in [0, 0.05) is 19.8 Å². The number of aryl methyl sites for hydroxylation is 1. The average Bonchev–Trinajstić information content (AvgIpc) is 2.53. The predicted octanol–water partition coefficient (Wildman–Crippen LogP) is 2.10. The van der Waals surface area contributed by atoms with Crippen molar-refractivity contribution in [2.45, 2.75) is 12.7 Å². The Hall–Kier alpha value is -2.77. The summed E-state index contributed by atoms with van der Waals surface area (Å²) in [7, 11) is 1.53. The zero-order valence-corrected chi connectivity index (χ0v) is 12.8. The molecule has 0 bridgehead atoms. The molecule has 1 aromatic heterocycles. The van der Waals surface area contributed by atoms with Crippen molar-refractivity contribution in [3.8, 4) is 5.75 Å². The highest BCUT2D eigenvalue weighted by Crippen LogP contribution is 2.31. The van der Waals surface area contributed by atoms with Crippen LogP contribution in [0.5, 0.6) is 5.75 Å². The first-order valence-electron chi connectivity index (χ1n) is 6.99. The van der Waals surface area contributed by atoms with Crippen molar-refractivity contribution >= 4 is 5.91 Å². The van der Waals surface area contributed by atoms with Crippen LogP contribution in [0.1, 0.15) is 11.1 Å². The lowest BCUT2D eigenvalue weighted by atomic mass is 10.1. The third-order valence-electron chi connectivity index (χ3n) is 3.25. The zero-order valence-electron chi connectivity index (χ0n) is 12.8. The first-order chi connectivity index (χ1) is 11.3. The normalized spacial score (nSPS) is 11.2. The van der Waals surface area contributed by atoms with Crippen LogP contribution in [-0.2, 0) is 24.6 Å². The maximum atomic E-state index is 12.9. The molecule has 0 radical (unpaired) electrons. The van der Waals surface area contributed by atoms with Crippen LogP contribution in [0.3, 0.4) is 0 Å². The summed E-state index contributed by atoms with van der Waals surface area (Å²) < 4.78 is 44.9. The first kappa shape index (κ1) is 17.6. The Kier molecular flexibility index (Phi) is 5.28. The van der Waals surface area contributed by atoms with Crippen LogP contribution in [0.25, 0.3) is 0 Å². The third-order valence-corrected chi connectivity index (χ3v) is 3.25. The van der Waals surface area contributed by atoms with E-state index in [4.69, 9.17) is 4.74 Å². The van der Waals surface area contributed by atoms with Crippen molar-refractivity contribution < 1.29 is 22.7 Å². The lowest BCUT2D eigenvalue weighted by Gasteiger charge is -2.13. The maximum absolute atomic E-state index is 12.9. The number of benzene rings is 1. The highest BCUT2D eigenvalue weighted by molar-refractivity contribution is 5.77.